The molecule has 3 aliphatic rings. The molecule has 8 heteroatoms. The van der Waals surface area contributed by atoms with Crippen LogP contribution in [0.4, 0.5) is 0 Å². The number of ether oxygens (including phenoxy) is 1. The van der Waals surface area contributed by atoms with Crippen LogP contribution in [0.5, 0.6) is 5.75 Å². The maximum Gasteiger partial charge on any atom is 0.176 e. The Morgan fingerprint density at radius 3 is 2.66 bits per heavy atom. The van der Waals surface area contributed by atoms with Gasteiger partial charge >= 0.3 is 0 Å². The second kappa shape index (κ2) is 12.9. The Morgan fingerprint density at radius 1 is 1.11 bits per heavy atom. The highest BCUT2D eigenvalue weighted by Crippen LogP contribution is 2.34. The molecule has 192 valence electrons. The maximum atomic E-state index is 9.91. The van der Waals surface area contributed by atoms with Crippen molar-refractivity contribution < 1.29 is 14.4 Å². The number of aliphatic hydroxyl groups excluding tert-OH is 1. The summed E-state index contributed by atoms with van der Waals surface area (Å²) in [5, 5.41) is 21.4. The van der Waals surface area contributed by atoms with Crippen molar-refractivity contribution in [3.8, 4) is 5.75 Å². The first-order valence-electron chi connectivity index (χ1n) is 13.4. The number of aromatic nitrogens is 1. The third-order valence-electron chi connectivity index (χ3n) is 7.09. The number of fused-ring (bicyclic) bond motifs is 1. The topological polar surface area (TPSA) is 86.4 Å². The first-order valence-corrected chi connectivity index (χ1v) is 13.4. The molecule has 0 unspecified atom stereocenters. The van der Waals surface area contributed by atoms with Crippen molar-refractivity contribution in [1.82, 2.24) is 20.6 Å². The summed E-state index contributed by atoms with van der Waals surface area (Å²) in [6.07, 6.45) is 13.9. The van der Waals surface area contributed by atoms with Crippen LogP contribution in [0.2, 0.25) is 0 Å². The highest BCUT2D eigenvalue weighted by molar-refractivity contribution is 5.84. The van der Waals surface area contributed by atoms with E-state index in [0.29, 0.717) is 11.5 Å². The van der Waals surface area contributed by atoms with Gasteiger partial charge in [0.2, 0.25) is 0 Å². The number of hydrogen-bond donors (Lipinski definition) is 2. The molecule has 0 bridgehead atoms. The fourth-order valence-electron chi connectivity index (χ4n) is 4.80. The lowest BCUT2D eigenvalue weighted by atomic mass is 9.91. The third kappa shape index (κ3) is 6.98. The van der Waals surface area contributed by atoms with E-state index in [4.69, 9.17) is 9.26 Å². The highest BCUT2D eigenvalue weighted by Gasteiger charge is 2.24. The molecule has 3 heterocycles. The van der Waals surface area contributed by atoms with Crippen molar-refractivity contribution in [2.24, 2.45) is 16.9 Å². The monoisotopic (exact) mass is 483 g/mol. The fraction of sp³-hybridized carbons (Fsp3) is 0.630. The van der Waals surface area contributed by atoms with E-state index in [-0.39, 0.29) is 6.61 Å². The molecule has 35 heavy (non-hydrogen) atoms. The van der Waals surface area contributed by atoms with E-state index in [0.717, 1.165) is 67.3 Å². The predicted molar refractivity (Wildman–Crippen MR) is 139 cm³/mol. The number of hydrazine groups is 1. The molecular weight excluding hydrogens is 442 g/mol. The number of hydrazone groups is 1. The second-order valence-electron chi connectivity index (χ2n) is 9.55. The SMILES string of the molecule is CC.OCc1c(OCC2CC2)ccc2c(CCC3CCN(CCCN4C=CC=NN4)CC3)noc12. The Hall–Kier alpha value is -2.58. The average Bonchev–Trinajstić information content (AvgIpc) is 3.66. The number of aryl methyl sites for hydroxylation is 1. The lowest BCUT2D eigenvalue weighted by Crippen LogP contribution is -2.37. The van der Waals surface area contributed by atoms with E-state index in [9.17, 15) is 5.11 Å². The summed E-state index contributed by atoms with van der Waals surface area (Å²) in [5.41, 5.74) is 5.40. The van der Waals surface area contributed by atoms with Crippen LogP contribution in [0.15, 0.2) is 34.0 Å². The lowest BCUT2D eigenvalue weighted by molar-refractivity contribution is 0.166. The molecule has 1 aromatic heterocycles. The van der Waals surface area contributed by atoms with Crippen LogP contribution in [-0.2, 0) is 13.0 Å². The van der Waals surface area contributed by atoms with E-state index in [1.807, 2.05) is 43.3 Å². The van der Waals surface area contributed by atoms with Gasteiger partial charge in [0.1, 0.15) is 5.75 Å². The Kier molecular flexibility index (Phi) is 9.42. The van der Waals surface area contributed by atoms with Crippen LogP contribution in [0.25, 0.3) is 11.0 Å². The second-order valence-corrected chi connectivity index (χ2v) is 9.55. The van der Waals surface area contributed by atoms with Gasteiger partial charge in [0, 0.05) is 18.1 Å². The van der Waals surface area contributed by atoms with Gasteiger partial charge in [0.15, 0.2) is 5.58 Å². The molecule has 0 radical (unpaired) electrons. The van der Waals surface area contributed by atoms with E-state index < -0.39 is 0 Å². The number of benzene rings is 1. The van der Waals surface area contributed by atoms with Gasteiger partial charge in [0.05, 0.1) is 30.7 Å². The van der Waals surface area contributed by atoms with Crippen molar-refractivity contribution >= 4 is 17.2 Å². The quantitative estimate of drug-likeness (QED) is 0.487. The van der Waals surface area contributed by atoms with Gasteiger partial charge in [-0.05, 0) is 94.6 Å². The van der Waals surface area contributed by atoms with Gasteiger partial charge in [0.25, 0.3) is 0 Å². The molecule has 1 saturated carbocycles. The van der Waals surface area contributed by atoms with Gasteiger partial charge in [-0.25, -0.2) is 5.53 Å². The molecule has 2 N–H and O–H groups in total. The van der Waals surface area contributed by atoms with Crippen molar-refractivity contribution in [2.45, 2.75) is 65.4 Å². The van der Waals surface area contributed by atoms with Crippen molar-refractivity contribution in [2.75, 3.05) is 32.8 Å². The van der Waals surface area contributed by atoms with E-state index >= 15 is 0 Å². The summed E-state index contributed by atoms with van der Waals surface area (Å²) in [5.74, 6) is 2.13. The Balaban J connectivity index is 0.00000141. The fourth-order valence-corrected chi connectivity index (χ4v) is 4.80. The number of likely N-dealkylation sites (tertiary alicyclic amines) is 1. The molecule has 0 amide bonds. The minimum atomic E-state index is -0.0955. The smallest absolute Gasteiger partial charge is 0.176 e. The molecule has 1 aromatic carbocycles. The number of hydrogen-bond acceptors (Lipinski definition) is 8. The van der Waals surface area contributed by atoms with Crippen LogP contribution in [-0.4, -0.2) is 59.2 Å². The molecule has 2 aliphatic heterocycles. The molecule has 0 atom stereocenters. The molecule has 8 nitrogen and oxygen atoms in total. The van der Waals surface area contributed by atoms with Gasteiger partial charge in [-0.1, -0.05) is 19.0 Å². The molecular formula is C27H41N5O3. The molecule has 1 saturated heterocycles. The van der Waals surface area contributed by atoms with Gasteiger partial charge in [-0.2, -0.15) is 5.10 Å². The first kappa shape index (κ1) is 25.5. The summed E-state index contributed by atoms with van der Waals surface area (Å²) in [6, 6.07) is 4.01. The Labute approximate surface area is 208 Å². The largest absolute Gasteiger partial charge is 0.493 e. The van der Waals surface area contributed by atoms with E-state index in [1.165, 1.54) is 38.8 Å². The molecule has 2 aromatic rings. The normalized spacial score (nSPS) is 18.4. The van der Waals surface area contributed by atoms with Crippen LogP contribution in [0.1, 0.15) is 63.6 Å². The average molecular weight is 484 g/mol. The maximum absolute atomic E-state index is 9.91. The zero-order chi connectivity index (χ0) is 24.5. The van der Waals surface area contributed by atoms with E-state index in [1.54, 1.807) is 6.21 Å². The Bertz CT molecular complexity index is 977. The number of nitrogens with one attached hydrogen (secondary N) is 1. The summed E-state index contributed by atoms with van der Waals surface area (Å²) < 4.78 is 11.6. The van der Waals surface area contributed by atoms with Crippen LogP contribution in [0.3, 0.4) is 0 Å². The van der Waals surface area contributed by atoms with Crippen LogP contribution >= 0.6 is 0 Å². The number of nitrogens with zero attached hydrogens (tertiary/aromatic N) is 4. The third-order valence-corrected chi connectivity index (χ3v) is 7.09. The standard InChI is InChI=1S/C25H35N5O3.C2H6/c31-17-22-24(32-18-20-3-4-20)8-6-21-23(27-33-25(21)22)7-5-19-9-15-29(16-10-19)12-2-14-30-13-1-11-26-28-30;1-2/h1,6,8,11,13,19-20,28,31H,2-5,7,9-10,12,14-18H2;1-2H3. The summed E-state index contributed by atoms with van der Waals surface area (Å²) in [6.45, 7) is 9.06. The van der Waals surface area contributed by atoms with E-state index in [2.05, 4.69) is 20.7 Å². The lowest BCUT2D eigenvalue weighted by Gasteiger charge is -2.32. The Morgan fingerprint density at radius 2 is 1.94 bits per heavy atom. The minimum absolute atomic E-state index is 0.0955. The van der Waals surface area contributed by atoms with Crippen molar-refractivity contribution in [3.05, 3.63) is 35.7 Å². The van der Waals surface area contributed by atoms with Crippen LogP contribution < -0.4 is 10.3 Å². The minimum Gasteiger partial charge on any atom is -0.493 e. The zero-order valence-electron chi connectivity index (χ0n) is 21.3. The number of allylic oxidation sites excluding steroid dienone is 1. The van der Waals surface area contributed by atoms with Crippen molar-refractivity contribution in [1.29, 1.82) is 0 Å². The van der Waals surface area contributed by atoms with Crippen LogP contribution in [0, 0.1) is 11.8 Å². The predicted octanol–water partition coefficient (Wildman–Crippen LogP) is 4.49. The van der Waals surface area contributed by atoms with Gasteiger partial charge in [-0.15, -0.1) is 0 Å². The van der Waals surface area contributed by atoms with Crippen molar-refractivity contribution in [3.63, 3.8) is 0 Å². The summed E-state index contributed by atoms with van der Waals surface area (Å²) in [4.78, 5) is 2.58. The number of rotatable bonds is 11. The molecule has 2 fully saturated rings. The highest BCUT2D eigenvalue weighted by atomic mass is 16.5. The molecule has 1 aliphatic carbocycles. The summed E-state index contributed by atoms with van der Waals surface area (Å²) >= 11 is 0. The van der Waals surface area contributed by atoms with Gasteiger partial charge in [-0.3, -0.25) is 5.01 Å². The first-order chi connectivity index (χ1) is 17.3. The summed E-state index contributed by atoms with van der Waals surface area (Å²) in [7, 11) is 0. The van der Waals surface area contributed by atoms with Gasteiger partial charge < -0.3 is 19.3 Å². The number of piperidine rings is 1. The molecule has 0 spiro atoms. The zero-order valence-corrected chi connectivity index (χ0v) is 21.3. The molecule has 5 rings (SSSR count). The number of aliphatic hydroxyl groups is 1.